The molecule has 1 heterocycles. The third-order valence-electron chi connectivity index (χ3n) is 3.29. The Morgan fingerprint density at radius 3 is 2.42 bits per heavy atom. The fraction of sp³-hybridized carbons (Fsp3) is 0.200. The highest BCUT2D eigenvalue weighted by Gasteiger charge is 2.19. The fourth-order valence-corrected chi connectivity index (χ4v) is 3.93. The number of benzene rings is 2. The highest BCUT2D eigenvalue weighted by Crippen LogP contribution is 2.40. The lowest BCUT2D eigenvalue weighted by molar-refractivity contribution is 0.134. The normalized spacial score (nSPS) is 15.3. The van der Waals surface area contributed by atoms with Gasteiger partial charge in [-0.25, -0.2) is 0 Å². The van der Waals surface area contributed by atoms with Crippen molar-refractivity contribution >= 4 is 39.1 Å². The number of fused-ring (bicyclic) bond motifs is 1. The summed E-state index contributed by atoms with van der Waals surface area (Å²) >= 11 is 16.2. The molecular formula is C15H11BrCl2O. The average molecular weight is 358 g/mol. The summed E-state index contributed by atoms with van der Waals surface area (Å²) in [5.74, 6) is 0. The van der Waals surface area contributed by atoms with E-state index in [0.29, 0.717) is 23.3 Å². The summed E-state index contributed by atoms with van der Waals surface area (Å²) in [6, 6.07) is 11.9. The minimum Gasteiger partial charge on any atom is -0.372 e. The Hall–Kier alpha value is -0.540. The second-order valence-corrected chi connectivity index (χ2v) is 6.25. The molecule has 2 aromatic carbocycles. The van der Waals surface area contributed by atoms with E-state index >= 15 is 0 Å². The van der Waals surface area contributed by atoms with Gasteiger partial charge in [-0.3, -0.25) is 0 Å². The van der Waals surface area contributed by atoms with E-state index in [9.17, 15) is 0 Å². The molecule has 0 aromatic heterocycles. The van der Waals surface area contributed by atoms with Gasteiger partial charge in [0.2, 0.25) is 0 Å². The molecule has 1 aliphatic rings. The summed E-state index contributed by atoms with van der Waals surface area (Å²) in [6.45, 7) is 1.38. The predicted molar refractivity (Wildman–Crippen MR) is 82.2 cm³/mol. The third kappa shape index (κ3) is 2.55. The molecule has 4 heteroatoms. The van der Waals surface area contributed by atoms with Crippen LogP contribution in [0.4, 0.5) is 0 Å². The summed E-state index contributed by atoms with van der Waals surface area (Å²) in [4.78, 5) is -0.0143. The zero-order chi connectivity index (χ0) is 13.4. The number of ether oxygens (including phenoxy) is 1. The molecule has 0 amide bonds. The topological polar surface area (TPSA) is 9.23 Å². The van der Waals surface area contributed by atoms with Crippen LogP contribution in [0.2, 0.25) is 10.0 Å². The van der Waals surface area contributed by atoms with Gasteiger partial charge in [0.15, 0.2) is 0 Å². The first-order valence-electron chi connectivity index (χ1n) is 5.94. The van der Waals surface area contributed by atoms with Crippen LogP contribution < -0.4 is 0 Å². The van der Waals surface area contributed by atoms with Gasteiger partial charge in [0.05, 0.1) is 18.0 Å². The Labute approximate surface area is 130 Å². The Bertz CT molecular complexity index is 607. The fourth-order valence-electron chi connectivity index (χ4n) is 2.27. The van der Waals surface area contributed by atoms with Gasteiger partial charge < -0.3 is 4.74 Å². The molecule has 0 aliphatic carbocycles. The van der Waals surface area contributed by atoms with Crippen LogP contribution in [-0.2, 0) is 18.0 Å². The smallest absolute Gasteiger partial charge is 0.0725 e. The Morgan fingerprint density at radius 2 is 1.68 bits per heavy atom. The lowest BCUT2D eigenvalue weighted by Crippen LogP contribution is -1.97. The molecule has 0 spiro atoms. The number of halogens is 3. The molecule has 1 nitrogen and oxygen atoms in total. The minimum absolute atomic E-state index is 0.0143. The molecule has 1 aliphatic heterocycles. The second-order valence-electron chi connectivity index (χ2n) is 4.52. The minimum atomic E-state index is -0.0143. The van der Waals surface area contributed by atoms with Crippen molar-refractivity contribution in [3.8, 4) is 0 Å². The molecule has 98 valence electrons. The monoisotopic (exact) mass is 356 g/mol. The largest absolute Gasteiger partial charge is 0.372 e. The van der Waals surface area contributed by atoms with E-state index in [1.165, 1.54) is 11.1 Å². The van der Waals surface area contributed by atoms with E-state index in [4.69, 9.17) is 27.9 Å². The van der Waals surface area contributed by atoms with Crippen molar-refractivity contribution < 1.29 is 4.74 Å². The summed E-state index contributed by atoms with van der Waals surface area (Å²) < 4.78 is 5.44. The number of rotatable bonds is 2. The Kier molecular flexibility index (Phi) is 3.86. The molecule has 0 N–H and O–H groups in total. The van der Waals surface area contributed by atoms with Crippen molar-refractivity contribution in [2.75, 3.05) is 0 Å². The van der Waals surface area contributed by atoms with Gasteiger partial charge in [0.25, 0.3) is 0 Å². The quantitative estimate of drug-likeness (QED) is 0.644. The van der Waals surface area contributed by atoms with Gasteiger partial charge in [-0.15, -0.1) is 0 Å². The first kappa shape index (κ1) is 13.4. The van der Waals surface area contributed by atoms with Gasteiger partial charge in [0.1, 0.15) is 0 Å². The SMILES string of the molecule is Clc1cccc(Cl)c1C(Br)c1ccc2c(c1)COC2. The van der Waals surface area contributed by atoms with Gasteiger partial charge >= 0.3 is 0 Å². The third-order valence-corrected chi connectivity index (χ3v) is 4.94. The maximum atomic E-state index is 6.25. The van der Waals surface area contributed by atoms with Crippen LogP contribution in [0.25, 0.3) is 0 Å². The highest BCUT2D eigenvalue weighted by molar-refractivity contribution is 9.09. The van der Waals surface area contributed by atoms with E-state index in [-0.39, 0.29) is 4.83 Å². The predicted octanol–water partition coefficient (Wildman–Crippen LogP) is 5.51. The zero-order valence-corrected chi connectivity index (χ0v) is 13.1. The molecule has 19 heavy (non-hydrogen) atoms. The van der Waals surface area contributed by atoms with Crippen molar-refractivity contribution in [3.05, 3.63) is 68.7 Å². The lowest BCUT2D eigenvalue weighted by atomic mass is 10.0. The zero-order valence-electron chi connectivity index (χ0n) is 10.00. The molecule has 0 saturated heterocycles. The standard InChI is InChI=1S/C15H11BrCl2O/c16-15(14-12(17)2-1-3-13(14)18)9-4-5-10-7-19-8-11(10)6-9/h1-6,15H,7-8H2. The van der Waals surface area contributed by atoms with Gasteiger partial charge in [-0.05, 0) is 28.8 Å². The molecule has 1 unspecified atom stereocenters. The summed E-state index contributed by atoms with van der Waals surface area (Å²) in [5, 5.41) is 1.34. The maximum Gasteiger partial charge on any atom is 0.0725 e. The van der Waals surface area contributed by atoms with Crippen molar-refractivity contribution in [3.63, 3.8) is 0 Å². The summed E-state index contributed by atoms with van der Waals surface area (Å²) in [5.41, 5.74) is 4.54. The van der Waals surface area contributed by atoms with Crippen molar-refractivity contribution in [2.45, 2.75) is 18.0 Å². The maximum absolute atomic E-state index is 6.25. The van der Waals surface area contributed by atoms with Crippen LogP contribution in [-0.4, -0.2) is 0 Å². The summed E-state index contributed by atoms with van der Waals surface area (Å²) in [6.07, 6.45) is 0. The second kappa shape index (κ2) is 5.45. The van der Waals surface area contributed by atoms with E-state index in [1.54, 1.807) is 0 Å². The van der Waals surface area contributed by atoms with Crippen molar-refractivity contribution in [1.29, 1.82) is 0 Å². The van der Waals surface area contributed by atoms with E-state index in [1.807, 2.05) is 18.2 Å². The van der Waals surface area contributed by atoms with E-state index < -0.39 is 0 Å². The molecule has 0 fully saturated rings. The van der Waals surface area contributed by atoms with Crippen LogP contribution in [0.5, 0.6) is 0 Å². The highest BCUT2D eigenvalue weighted by atomic mass is 79.9. The molecule has 0 saturated carbocycles. The molecular weight excluding hydrogens is 347 g/mol. The van der Waals surface area contributed by atoms with E-state index in [2.05, 4.69) is 34.1 Å². The molecule has 1 atom stereocenters. The van der Waals surface area contributed by atoms with Gasteiger partial charge in [0, 0.05) is 15.6 Å². The van der Waals surface area contributed by atoms with Gasteiger partial charge in [-0.2, -0.15) is 0 Å². The van der Waals surface area contributed by atoms with Crippen LogP contribution in [0.15, 0.2) is 36.4 Å². The Balaban J connectivity index is 2.02. The number of hydrogen-bond donors (Lipinski definition) is 0. The molecule has 3 rings (SSSR count). The average Bonchev–Trinajstić information content (AvgIpc) is 2.85. The molecule has 0 bridgehead atoms. The number of alkyl halides is 1. The summed E-state index contributed by atoms with van der Waals surface area (Å²) in [7, 11) is 0. The van der Waals surface area contributed by atoms with Crippen molar-refractivity contribution in [1.82, 2.24) is 0 Å². The van der Waals surface area contributed by atoms with Crippen molar-refractivity contribution in [2.24, 2.45) is 0 Å². The first-order valence-corrected chi connectivity index (χ1v) is 7.61. The van der Waals surface area contributed by atoms with Gasteiger partial charge in [-0.1, -0.05) is 63.4 Å². The van der Waals surface area contributed by atoms with Crippen LogP contribution in [0.3, 0.4) is 0 Å². The van der Waals surface area contributed by atoms with Crippen LogP contribution >= 0.6 is 39.1 Å². The van der Waals surface area contributed by atoms with Crippen LogP contribution in [0.1, 0.15) is 27.1 Å². The molecule has 2 aromatic rings. The molecule has 0 radical (unpaired) electrons. The number of hydrogen-bond acceptors (Lipinski definition) is 1. The van der Waals surface area contributed by atoms with E-state index in [0.717, 1.165) is 11.1 Å². The Morgan fingerprint density at radius 1 is 1.00 bits per heavy atom. The lowest BCUT2D eigenvalue weighted by Gasteiger charge is -2.15. The van der Waals surface area contributed by atoms with Crippen LogP contribution in [0, 0.1) is 0 Å². The first-order chi connectivity index (χ1) is 9.16.